The Morgan fingerprint density at radius 1 is 1.29 bits per heavy atom. The van der Waals surface area contributed by atoms with E-state index in [-0.39, 0.29) is 5.91 Å². The Hall–Kier alpha value is -1.01. The largest absolute Gasteiger partial charge is 0.337 e. The molecule has 2 heterocycles. The second-order valence-corrected chi connectivity index (χ2v) is 6.17. The zero-order chi connectivity index (χ0) is 15.2. The van der Waals surface area contributed by atoms with Gasteiger partial charge in [-0.2, -0.15) is 10.2 Å². The lowest BCUT2D eigenvalue weighted by Crippen LogP contribution is -2.36. The van der Waals surface area contributed by atoms with Crippen molar-refractivity contribution in [2.75, 3.05) is 38.1 Å². The van der Waals surface area contributed by atoms with Crippen molar-refractivity contribution in [3.63, 3.8) is 0 Å². The van der Waals surface area contributed by atoms with E-state index < -0.39 is 0 Å². The Morgan fingerprint density at radius 3 is 2.81 bits per heavy atom. The maximum atomic E-state index is 12.8. The van der Waals surface area contributed by atoms with E-state index in [0.29, 0.717) is 0 Å². The maximum Gasteiger partial charge on any atom is 0.255 e. The van der Waals surface area contributed by atoms with Gasteiger partial charge in [-0.15, -0.1) is 0 Å². The fourth-order valence-electron chi connectivity index (χ4n) is 2.65. The molecule has 6 heteroatoms. The summed E-state index contributed by atoms with van der Waals surface area (Å²) >= 11 is 3.48. The van der Waals surface area contributed by atoms with Gasteiger partial charge in [0.1, 0.15) is 0 Å². The summed E-state index contributed by atoms with van der Waals surface area (Å²) in [6.07, 6.45) is 1.76. The molecule has 1 aromatic heterocycles. The lowest BCUT2D eigenvalue weighted by molar-refractivity contribution is 0.0760. The first-order chi connectivity index (χ1) is 10.2. The number of amides is 1. The van der Waals surface area contributed by atoms with Crippen LogP contribution < -0.4 is 0 Å². The van der Waals surface area contributed by atoms with E-state index >= 15 is 0 Å². The topological polar surface area (TPSA) is 49.3 Å². The normalized spacial score (nSPS) is 16.8. The van der Waals surface area contributed by atoms with Crippen LogP contribution in [0.3, 0.4) is 0 Å². The molecular weight excluding hydrogens is 332 g/mol. The van der Waals surface area contributed by atoms with Gasteiger partial charge in [-0.1, -0.05) is 22.9 Å². The molecular formula is C15H23BrN4O. The molecule has 1 fully saturated rings. The predicted octanol–water partition coefficient (Wildman–Crippen LogP) is 1.89. The number of carbonyl (C=O) groups excluding carboxylic acids is 1. The second kappa shape index (κ2) is 7.84. The lowest BCUT2D eigenvalue weighted by Gasteiger charge is -2.22. The number of rotatable bonds is 4. The molecule has 1 aliphatic rings. The van der Waals surface area contributed by atoms with E-state index in [9.17, 15) is 4.79 Å². The van der Waals surface area contributed by atoms with Gasteiger partial charge in [0.05, 0.1) is 17.0 Å². The Balaban J connectivity index is 2.11. The number of aromatic nitrogens is 2. The Morgan fingerprint density at radius 2 is 2.10 bits per heavy atom. The minimum absolute atomic E-state index is 0.102. The summed E-state index contributed by atoms with van der Waals surface area (Å²) in [5, 5.41) is 9.21. The Labute approximate surface area is 134 Å². The predicted molar refractivity (Wildman–Crippen MR) is 86.9 cm³/mol. The molecule has 0 radical (unpaired) electrons. The molecule has 1 saturated heterocycles. The van der Waals surface area contributed by atoms with Gasteiger partial charge in [0, 0.05) is 31.5 Å². The van der Waals surface area contributed by atoms with Gasteiger partial charge in [-0.3, -0.25) is 4.79 Å². The summed E-state index contributed by atoms with van der Waals surface area (Å²) in [5.74, 6) is 0.102. The average Bonchev–Trinajstić information content (AvgIpc) is 2.72. The van der Waals surface area contributed by atoms with Crippen LogP contribution in [0.1, 0.15) is 35.1 Å². The molecule has 21 heavy (non-hydrogen) atoms. The summed E-state index contributed by atoms with van der Waals surface area (Å²) in [6, 6.07) is 1.87. The highest BCUT2D eigenvalue weighted by molar-refractivity contribution is 9.09. The van der Waals surface area contributed by atoms with Crippen LogP contribution >= 0.6 is 15.9 Å². The van der Waals surface area contributed by atoms with Gasteiger partial charge in [0.15, 0.2) is 0 Å². The molecule has 0 atom stereocenters. The first kappa shape index (κ1) is 16.4. The lowest BCUT2D eigenvalue weighted by atomic mass is 10.1. The Bertz CT molecular complexity index is 495. The zero-order valence-electron chi connectivity index (χ0n) is 12.8. The van der Waals surface area contributed by atoms with E-state index in [4.69, 9.17) is 0 Å². The van der Waals surface area contributed by atoms with Crippen LogP contribution in [0, 0.1) is 6.92 Å². The number of alkyl halides is 1. The molecule has 2 rings (SSSR count). The van der Waals surface area contributed by atoms with E-state index in [2.05, 4.69) is 31.0 Å². The van der Waals surface area contributed by atoms with Crippen LogP contribution in [0.25, 0.3) is 0 Å². The summed E-state index contributed by atoms with van der Waals surface area (Å²) in [5.41, 5.74) is 2.32. The molecule has 1 aliphatic heterocycles. The zero-order valence-corrected chi connectivity index (χ0v) is 14.4. The molecule has 1 amide bonds. The molecule has 5 nitrogen and oxygen atoms in total. The second-order valence-electron chi connectivity index (χ2n) is 5.38. The van der Waals surface area contributed by atoms with Gasteiger partial charge in [0.25, 0.3) is 5.91 Å². The summed E-state index contributed by atoms with van der Waals surface area (Å²) in [7, 11) is 0. The van der Waals surface area contributed by atoms with Crippen molar-refractivity contribution in [1.82, 2.24) is 20.0 Å². The van der Waals surface area contributed by atoms with E-state index in [1.165, 1.54) is 0 Å². The maximum absolute atomic E-state index is 12.8. The van der Waals surface area contributed by atoms with Crippen molar-refractivity contribution in [2.24, 2.45) is 0 Å². The first-order valence-electron chi connectivity index (χ1n) is 7.56. The minimum Gasteiger partial charge on any atom is -0.337 e. The molecule has 0 N–H and O–H groups in total. The van der Waals surface area contributed by atoms with Crippen LogP contribution in [0.4, 0.5) is 0 Å². The van der Waals surface area contributed by atoms with Crippen molar-refractivity contribution in [2.45, 2.75) is 26.7 Å². The third kappa shape index (κ3) is 4.23. The smallest absolute Gasteiger partial charge is 0.255 e. The summed E-state index contributed by atoms with van der Waals surface area (Å²) in [4.78, 5) is 17.1. The fourth-order valence-corrected chi connectivity index (χ4v) is 3.15. The third-order valence-corrected chi connectivity index (χ3v) is 4.19. The van der Waals surface area contributed by atoms with E-state index in [1.54, 1.807) is 0 Å². The van der Waals surface area contributed by atoms with Crippen LogP contribution in [0.5, 0.6) is 0 Å². The van der Waals surface area contributed by atoms with Crippen molar-refractivity contribution >= 4 is 21.8 Å². The molecule has 0 aliphatic carbocycles. The van der Waals surface area contributed by atoms with Crippen molar-refractivity contribution in [1.29, 1.82) is 0 Å². The van der Waals surface area contributed by atoms with Gasteiger partial charge in [-0.05, 0) is 32.4 Å². The Kier molecular flexibility index (Phi) is 6.11. The molecule has 0 unspecified atom stereocenters. The highest BCUT2D eigenvalue weighted by Crippen LogP contribution is 2.13. The van der Waals surface area contributed by atoms with Gasteiger partial charge in [-0.25, -0.2) is 0 Å². The number of hydrogen-bond donors (Lipinski definition) is 0. The van der Waals surface area contributed by atoms with Gasteiger partial charge >= 0.3 is 0 Å². The number of hydrogen-bond acceptors (Lipinski definition) is 4. The first-order valence-corrected chi connectivity index (χ1v) is 8.68. The van der Waals surface area contributed by atoms with E-state index in [1.807, 2.05) is 24.8 Å². The quantitative estimate of drug-likeness (QED) is 0.774. The molecule has 1 aromatic rings. The summed E-state index contributed by atoms with van der Waals surface area (Å²) < 4.78 is 0. The number of carbonyl (C=O) groups is 1. The molecule has 116 valence electrons. The van der Waals surface area contributed by atoms with Crippen LogP contribution in [0.15, 0.2) is 6.07 Å². The van der Waals surface area contributed by atoms with Crippen LogP contribution in [-0.4, -0.2) is 64.0 Å². The molecule has 0 spiro atoms. The molecule has 0 saturated carbocycles. The van der Waals surface area contributed by atoms with Crippen LogP contribution in [0.2, 0.25) is 0 Å². The highest BCUT2D eigenvalue weighted by Gasteiger charge is 2.22. The number of halogens is 1. The van der Waals surface area contributed by atoms with Crippen molar-refractivity contribution < 1.29 is 4.79 Å². The third-order valence-electron chi connectivity index (χ3n) is 3.83. The molecule has 0 bridgehead atoms. The minimum atomic E-state index is 0.102. The van der Waals surface area contributed by atoms with E-state index in [0.717, 1.165) is 67.8 Å². The summed E-state index contributed by atoms with van der Waals surface area (Å²) in [6.45, 7) is 8.54. The van der Waals surface area contributed by atoms with Crippen molar-refractivity contribution in [3.05, 3.63) is 23.0 Å². The highest BCUT2D eigenvalue weighted by atomic mass is 79.9. The molecule has 0 aromatic carbocycles. The SMILES string of the molecule is CCc1nnc(C)cc1C(=O)N1CCCN(CCBr)CC1. The fraction of sp³-hybridized carbons (Fsp3) is 0.667. The monoisotopic (exact) mass is 354 g/mol. The van der Waals surface area contributed by atoms with Crippen molar-refractivity contribution in [3.8, 4) is 0 Å². The standard InChI is InChI=1S/C15H23BrN4O/c1-3-14-13(11-12(2)17-18-14)15(21)20-7-4-6-19(8-5-16)9-10-20/h11H,3-10H2,1-2H3. The average molecular weight is 355 g/mol. The number of nitrogens with zero attached hydrogens (tertiary/aromatic N) is 4. The van der Waals surface area contributed by atoms with Gasteiger partial charge in [0.2, 0.25) is 0 Å². The van der Waals surface area contributed by atoms with Gasteiger partial charge < -0.3 is 9.80 Å². The van der Waals surface area contributed by atoms with Crippen LogP contribution in [-0.2, 0) is 6.42 Å². The number of aryl methyl sites for hydroxylation is 2.